The first-order valence-electron chi connectivity index (χ1n) is 3.46. The largest absolute Gasteiger partial charge is 0.349 e. The molecule has 4 nitrogen and oxygen atoms in total. The maximum atomic E-state index is 10.7. The lowest BCUT2D eigenvalue weighted by molar-refractivity contribution is -0.129. The fourth-order valence-corrected chi connectivity index (χ4v) is 1.91. The molecular formula is C6H12O4S. The van der Waals surface area contributed by atoms with E-state index in [-0.39, 0.29) is 0 Å². The number of hydrogen-bond donors (Lipinski definition) is 0. The van der Waals surface area contributed by atoms with Gasteiger partial charge in [-0.3, -0.25) is 0 Å². The van der Waals surface area contributed by atoms with Gasteiger partial charge in [-0.15, -0.1) is 0 Å². The fourth-order valence-electron chi connectivity index (χ4n) is 1.14. The third kappa shape index (κ3) is 2.76. The van der Waals surface area contributed by atoms with Crippen LogP contribution in [0.15, 0.2) is 0 Å². The van der Waals surface area contributed by atoms with E-state index in [1.807, 2.05) is 0 Å². The molecule has 0 amide bonds. The fraction of sp³-hybridized carbons (Fsp3) is 1.00. The van der Waals surface area contributed by atoms with E-state index < -0.39 is 15.9 Å². The first-order chi connectivity index (χ1) is 4.91. The van der Waals surface area contributed by atoms with Crippen LogP contribution in [0.1, 0.15) is 19.8 Å². The zero-order valence-electron chi connectivity index (χ0n) is 6.66. The van der Waals surface area contributed by atoms with Crippen molar-refractivity contribution < 1.29 is 17.3 Å². The normalized spacial score (nSPS) is 32.5. The highest BCUT2D eigenvalue weighted by Crippen LogP contribution is 2.27. The van der Waals surface area contributed by atoms with Crippen LogP contribution in [0.5, 0.6) is 0 Å². The molecule has 0 aromatic carbocycles. The monoisotopic (exact) mass is 180 g/mol. The minimum absolute atomic E-state index is 0.575. The van der Waals surface area contributed by atoms with Gasteiger partial charge in [0.2, 0.25) is 0 Å². The summed E-state index contributed by atoms with van der Waals surface area (Å²) in [6.07, 6.45) is 2.52. The molecule has 0 aliphatic carbocycles. The summed E-state index contributed by atoms with van der Waals surface area (Å²) in [7, 11) is -3.39. The smallest absolute Gasteiger partial charge is 0.267 e. The zero-order valence-corrected chi connectivity index (χ0v) is 7.48. The van der Waals surface area contributed by atoms with Crippen LogP contribution in [0, 0.1) is 0 Å². The van der Waals surface area contributed by atoms with Gasteiger partial charge < -0.3 is 4.74 Å². The molecule has 5 heteroatoms. The summed E-state index contributed by atoms with van der Waals surface area (Å²) >= 11 is 0. The molecular weight excluding hydrogens is 168 g/mol. The summed E-state index contributed by atoms with van der Waals surface area (Å²) in [6.45, 7) is 2.22. The minimum Gasteiger partial charge on any atom is -0.349 e. The molecule has 0 radical (unpaired) electrons. The summed E-state index contributed by atoms with van der Waals surface area (Å²) in [5.41, 5.74) is 0. The molecule has 1 rings (SSSR count). The molecule has 66 valence electrons. The Bertz CT molecular complexity index is 225. The van der Waals surface area contributed by atoms with Crippen LogP contribution < -0.4 is 0 Å². The van der Waals surface area contributed by atoms with Crippen molar-refractivity contribution in [2.24, 2.45) is 0 Å². The zero-order chi connectivity index (χ0) is 8.54. The number of ether oxygens (including phenoxy) is 1. The lowest BCUT2D eigenvalue weighted by Gasteiger charge is -2.20. The molecule has 0 aromatic heterocycles. The molecule has 1 aliphatic rings. The van der Waals surface area contributed by atoms with Gasteiger partial charge in [-0.2, -0.15) is 8.42 Å². The molecule has 1 aliphatic heterocycles. The van der Waals surface area contributed by atoms with Gasteiger partial charge in [-0.05, 0) is 13.3 Å². The van der Waals surface area contributed by atoms with E-state index in [0.717, 1.165) is 12.7 Å². The third-order valence-electron chi connectivity index (χ3n) is 1.51. The van der Waals surface area contributed by atoms with Crippen LogP contribution in [0.2, 0.25) is 0 Å². The van der Waals surface area contributed by atoms with Crippen LogP contribution >= 0.6 is 0 Å². The number of rotatable bonds is 2. The Labute approximate surface area is 66.6 Å². The highest BCUT2D eigenvalue weighted by atomic mass is 32.2. The predicted molar refractivity (Wildman–Crippen MR) is 39.5 cm³/mol. The summed E-state index contributed by atoms with van der Waals surface area (Å²) in [4.78, 5) is 0. The van der Waals surface area contributed by atoms with E-state index in [9.17, 15) is 8.42 Å². The van der Waals surface area contributed by atoms with E-state index >= 15 is 0 Å². The van der Waals surface area contributed by atoms with Gasteiger partial charge in [0.25, 0.3) is 10.1 Å². The topological polar surface area (TPSA) is 52.6 Å². The maximum Gasteiger partial charge on any atom is 0.267 e. The molecule has 0 bridgehead atoms. The maximum absolute atomic E-state index is 10.7. The molecule has 0 saturated carbocycles. The third-order valence-corrected chi connectivity index (χ3v) is 2.17. The van der Waals surface area contributed by atoms with Crippen molar-refractivity contribution in [3.05, 3.63) is 0 Å². The van der Waals surface area contributed by atoms with Crippen LogP contribution in [0.4, 0.5) is 0 Å². The van der Waals surface area contributed by atoms with Crippen molar-refractivity contribution in [2.75, 3.05) is 12.9 Å². The Hall–Kier alpha value is -0.130. The Morgan fingerprint density at radius 3 is 2.55 bits per heavy atom. The van der Waals surface area contributed by atoms with Crippen LogP contribution in [-0.4, -0.2) is 27.1 Å². The Morgan fingerprint density at radius 2 is 2.18 bits per heavy atom. The summed E-state index contributed by atoms with van der Waals surface area (Å²) in [5, 5.41) is 0. The first-order valence-corrected chi connectivity index (χ1v) is 5.28. The minimum atomic E-state index is -3.39. The van der Waals surface area contributed by atoms with Gasteiger partial charge in [-0.1, -0.05) is 0 Å². The highest BCUT2D eigenvalue weighted by Gasteiger charge is 2.34. The van der Waals surface area contributed by atoms with Crippen molar-refractivity contribution in [1.82, 2.24) is 0 Å². The average molecular weight is 180 g/mol. The SMILES string of the molecule is CC1(OS(C)(=O)=O)CCCO1. The second kappa shape index (κ2) is 2.73. The second-order valence-electron chi connectivity index (χ2n) is 2.87. The quantitative estimate of drug-likeness (QED) is 0.580. The van der Waals surface area contributed by atoms with Crippen LogP contribution in [0.3, 0.4) is 0 Å². The lowest BCUT2D eigenvalue weighted by atomic mass is 10.2. The Balaban J connectivity index is 2.60. The van der Waals surface area contributed by atoms with Gasteiger partial charge in [0.15, 0.2) is 5.79 Å². The van der Waals surface area contributed by atoms with Crippen molar-refractivity contribution in [1.29, 1.82) is 0 Å². The van der Waals surface area contributed by atoms with Crippen molar-refractivity contribution in [2.45, 2.75) is 25.6 Å². The molecule has 1 atom stereocenters. The summed E-state index contributed by atoms with van der Waals surface area (Å²) < 4.78 is 31.2. The van der Waals surface area contributed by atoms with E-state index in [4.69, 9.17) is 8.92 Å². The first kappa shape index (κ1) is 8.96. The molecule has 0 N–H and O–H groups in total. The van der Waals surface area contributed by atoms with Gasteiger partial charge >= 0.3 is 0 Å². The van der Waals surface area contributed by atoms with Gasteiger partial charge in [0, 0.05) is 6.42 Å². The molecule has 1 heterocycles. The molecule has 1 unspecified atom stereocenters. The predicted octanol–water partition coefficient (Wildman–Crippen LogP) is 0.489. The van der Waals surface area contributed by atoms with Crippen LogP contribution in [0.25, 0.3) is 0 Å². The Kier molecular flexibility index (Phi) is 2.22. The summed E-state index contributed by atoms with van der Waals surface area (Å²) in [6, 6.07) is 0. The average Bonchev–Trinajstić information content (AvgIpc) is 2.09. The summed E-state index contributed by atoms with van der Waals surface area (Å²) in [5.74, 6) is -0.909. The van der Waals surface area contributed by atoms with Gasteiger partial charge in [0.1, 0.15) is 0 Å². The van der Waals surface area contributed by atoms with E-state index in [1.54, 1.807) is 6.92 Å². The van der Waals surface area contributed by atoms with Gasteiger partial charge in [-0.25, -0.2) is 4.18 Å². The molecule has 1 saturated heterocycles. The molecule has 0 aromatic rings. The lowest BCUT2D eigenvalue weighted by Crippen LogP contribution is -2.29. The number of hydrogen-bond acceptors (Lipinski definition) is 4. The van der Waals surface area contributed by atoms with Crippen molar-refractivity contribution in [3.63, 3.8) is 0 Å². The molecule has 11 heavy (non-hydrogen) atoms. The second-order valence-corrected chi connectivity index (χ2v) is 4.45. The van der Waals surface area contributed by atoms with E-state index in [1.165, 1.54) is 0 Å². The van der Waals surface area contributed by atoms with E-state index in [2.05, 4.69) is 0 Å². The molecule has 0 spiro atoms. The van der Waals surface area contributed by atoms with Gasteiger partial charge in [0.05, 0.1) is 12.9 Å². The Morgan fingerprint density at radius 1 is 1.55 bits per heavy atom. The van der Waals surface area contributed by atoms with Crippen molar-refractivity contribution in [3.8, 4) is 0 Å². The van der Waals surface area contributed by atoms with E-state index in [0.29, 0.717) is 13.0 Å². The van der Waals surface area contributed by atoms with Crippen molar-refractivity contribution >= 4 is 10.1 Å². The highest BCUT2D eigenvalue weighted by molar-refractivity contribution is 7.86. The molecule has 1 fully saturated rings. The van der Waals surface area contributed by atoms with Crippen LogP contribution in [-0.2, 0) is 19.0 Å². The standard InChI is InChI=1S/C6H12O4S/c1-6(4-3-5-9-6)10-11(2,7)8/h3-5H2,1-2H3.